The lowest BCUT2D eigenvalue weighted by atomic mass is 10.0. The van der Waals surface area contributed by atoms with Crippen LogP contribution in [0.4, 0.5) is 0 Å². The largest absolute Gasteiger partial charge is 0.481 e. The molecule has 0 aliphatic carbocycles. The number of carbonyl (C=O) groups excluding carboxylic acids is 1. The van der Waals surface area contributed by atoms with Crippen molar-refractivity contribution >= 4 is 17.5 Å². The molecular weight excluding hydrogens is 298 g/mol. The average Bonchev–Trinajstić information content (AvgIpc) is 2.47. The number of aliphatic hydroxyl groups excluding tert-OH is 3. The Morgan fingerprint density at radius 1 is 1.33 bits per heavy atom. The normalized spacial score (nSPS) is 12.9. The lowest BCUT2D eigenvalue weighted by Gasteiger charge is -2.30. The Bertz CT molecular complexity index is 482. The van der Waals surface area contributed by atoms with E-state index in [4.69, 9.17) is 16.3 Å². The molecule has 0 heterocycles. The van der Waals surface area contributed by atoms with Crippen LogP contribution in [-0.2, 0) is 4.79 Å². The minimum absolute atomic E-state index is 0.504. The van der Waals surface area contributed by atoms with Crippen molar-refractivity contribution in [1.82, 2.24) is 5.32 Å². The number of ether oxygens (including phenoxy) is 1. The van der Waals surface area contributed by atoms with Crippen LogP contribution < -0.4 is 10.1 Å². The van der Waals surface area contributed by atoms with E-state index in [2.05, 4.69) is 5.32 Å². The zero-order valence-corrected chi connectivity index (χ0v) is 12.7. The molecule has 21 heavy (non-hydrogen) atoms. The second kappa shape index (κ2) is 7.61. The van der Waals surface area contributed by atoms with Crippen molar-refractivity contribution in [3.05, 3.63) is 28.8 Å². The van der Waals surface area contributed by atoms with Crippen LogP contribution in [0, 0.1) is 6.92 Å². The SMILES string of the molecule is Cc1cc(Cl)ccc1OC(C)C(=O)NC(CO)(CO)CO. The van der Waals surface area contributed by atoms with Crippen LogP contribution in [0.15, 0.2) is 18.2 Å². The van der Waals surface area contributed by atoms with Crippen molar-refractivity contribution in [2.45, 2.75) is 25.5 Å². The fraction of sp³-hybridized carbons (Fsp3) is 0.500. The van der Waals surface area contributed by atoms with Gasteiger partial charge in [-0.2, -0.15) is 0 Å². The lowest BCUT2D eigenvalue weighted by molar-refractivity contribution is -0.131. The molecule has 0 spiro atoms. The molecule has 1 amide bonds. The van der Waals surface area contributed by atoms with Gasteiger partial charge in [0.05, 0.1) is 19.8 Å². The maximum atomic E-state index is 12.0. The Kier molecular flexibility index (Phi) is 6.42. The van der Waals surface area contributed by atoms with Gasteiger partial charge in [0.25, 0.3) is 5.91 Å². The average molecular weight is 318 g/mol. The molecule has 6 nitrogen and oxygen atoms in total. The van der Waals surface area contributed by atoms with E-state index in [1.54, 1.807) is 25.1 Å². The molecule has 0 aliphatic heterocycles. The molecule has 1 aromatic carbocycles. The van der Waals surface area contributed by atoms with Gasteiger partial charge in [0.2, 0.25) is 0 Å². The van der Waals surface area contributed by atoms with E-state index >= 15 is 0 Å². The highest BCUT2D eigenvalue weighted by Gasteiger charge is 2.32. The molecule has 0 fully saturated rings. The number of amides is 1. The topological polar surface area (TPSA) is 99.0 Å². The monoisotopic (exact) mass is 317 g/mol. The second-order valence-corrected chi connectivity index (χ2v) is 5.35. The summed E-state index contributed by atoms with van der Waals surface area (Å²) in [5.41, 5.74) is -0.691. The number of nitrogens with one attached hydrogen (secondary N) is 1. The predicted molar refractivity (Wildman–Crippen MR) is 78.4 cm³/mol. The molecule has 7 heteroatoms. The molecular formula is C14H20ClNO5. The van der Waals surface area contributed by atoms with Crippen LogP contribution in [0.25, 0.3) is 0 Å². The smallest absolute Gasteiger partial charge is 0.261 e. The van der Waals surface area contributed by atoms with Gasteiger partial charge in [-0.1, -0.05) is 11.6 Å². The third-order valence-corrected chi connectivity index (χ3v) is 3.34. The van der Waals surface area contributed by atoms with Crippen LogP contribution in [0.5, 0.6) is 5.75 Å². The van der Waals surface area contributed by atoms with Crippen molar-refractivity contribution in [3.63, 3.8) is 0 Å². The summed E-state index contributed by atoms with van der Waals surface area (Å²) in [6.07, 6.45) is -0.867. The number of aryl methyl sites for hydroxylation is 1. The van der Waals surface area contributed by atoms with E-state index in [1.807, 2.05) is 0 Å². The molecule has 1 unspecified atom stereocenters. The maximum Gasteiger partial charge on any atom is 0.261 e. The third-order valence-electron chi connectivity index (χ3n) is 3.11. The molecule has 1 aromatic rings. The van der Waals surface area contributed by atoms with E-state index in [1.165, 1.54) is 6.92 Å². The number of aliphatic hydroxyl groups is 3. The fourth-order valence-corrected chi connectivity index (χ4v) is 1.85. The van der Waals surface area contributed by atoms with Crippen LogP contribution in [0.1, 0.15) is 12.5 Å². The van der Waals surface area contributed by atoms with Gasteiger partial charge in [-0.25, -0.2) is 0 Å². The van der Waals surface area contributed by atoms with Crippen LogP contribution >= 0.6 is 11.6 Å². The number of hydrogen-bond acceptors (Lipinski definition) is 5. The molecule has 0 aliphatic rings. The van der Waals surface area contributed by atoms with E-state index in [9.17, 15) is 20.1 Å². The maximum absolute atomic E-state index is 12.0. The molecule has 0 bridgehead atoms. The summed E-state index contributed by atoms with van der Waals surface area (Å²) < 4.78 is 5.53. The first-order chi connectivity index (χ1) is 9.87. The van der Waals surface area contributed by atoms with E-state index < -0.39 is 37.4 Å². The van der Waals surface area contributed by atoms with Gasteiger partial charge in [0.1, 0.15) is 11.3 Å². The highest BCUT2D eigenvalue weighted by Crippen LogP contribution is 2.22. The van der Waals surface area contributed by atoms with Gasteiger partial charge in [0.15, 0.2) is 6.10 Å². The Morgan fingerprint density at radius 3 is 2.38 bits per heavy atom. The highest BCUT2D eigenvalue weighted by molar-refractivity contribution is 6.30. The molecule has 0 saturated carbocycles. The predicted octanol–water partition coefficient (Wildman–Crippen LogP) is 0.248. The summed E-state index contributed by atoms with van der Waals surface area (Å²) in [6.45, 7) is 1.57. The minimum Gasteiger partial charge on any atom is -0.481 e. The van der Waals surface area contributed by atoms with E-state index in [-0.39, 0.29) is 0 Å². The summed E-state index contributed by atoms with van der Waals surface area (Å²) in [7, 11) is 0. The Morgan fingerprint density at radius 2 is 1.90 bits per heavy atom. The number of carbonyl (C=O) groups is 1. The summed E-state index contributed by atoms with van der Waals surface area (Å²) in [4.78, 5) is 12.0. The first-order valence-electron chi connectivity index (χ1n) is 6.45. The van der Waals surface area contributed by atoms with Crippen molar-refractivity contribution < 1.29 is 24.9 Å². The quantitative estimate of drug-likeness (QED) is 0.578. The zero-order valence-electron chi connectivity index (χ0n) is 12.0. The zero-order chi connectivity index (χ0) is 16.0. The Labute approximate surface area is 128 Å². The molecule has 118 valence electrons. The Hall–Kier alpha value is -1.34. The molecule has 0 saturated heterocycles. The van der Waals surface area contributed by atoms with E-state index in [0.29, 0.717) is 10.8 Å². The summed E-state index contributed by atoms with van der Waals surface area (Å²) >= 11 is 5.84. The summed E-state index contributed by atoms with van der Waals surface area (Å²) in [6, 6.07) is 5.01. The van der Waals surface area contributed by atoms with Crippen molar-refractivity contribution in [2.24, 2.45) is 0 Å². The van der Waals surface area contributed by atoms with Gasteiger partial charge >= 0.3 is 0 Å². The van der Waals surface area contributed by atoms with Crippen molar-refractivity contribution in [2.75, 3.05) is 19.8 Å². The van der Waals surface area contributed by atoms with Crippen LogP contribution in [-0.4, -0.2) is 52.7 Å². The first kappa shape index (κ1) is 17.7. The van der Waals surface area contributed by atoms with Gasteiger partial charge in [-0.15, -0.1) is 0 Å². The van der Waals surface area contributed by atoms with Gasteiger partial charge < -0.3 is 25.4 Å². The number of benzene rings is 1. The number of hydrogen-bond donors (Lipinski definition) is 4. The molecule has 1 rings (SSSR count). The van der Waals surface area contributed by atoms with Gasteiger partial charge in [-0.3, -0.25) is 4.79 Å². The molecule has 1 atom stereocenters. The van der Waals surface area contributed by atoms with E-state index in [0.717, 1.165) is 5.56 Å². The molecule has 0 radical (unpaired) electrons. The second-order valence-electron chi connectivity index (χ2n) is 4.91. The summed E-state index contributed by atoms with van der Waals surface area (Å²) in [5, 5.41) is 30.5. The number of halogens is 1. The number of rotatable bonds is 7. The molecule has 4 N–H and O–H groups in total. The first-order valence-corrected chi connectivity index (χ1v) is 6.82. The summed E-state index contributed by atoms with van der Waals surface area (Å²) in [5.74, 6) is -0.0499. The fourth-order valence-electron chi connectivity index (χ4n) is 1.62. The van der Waals surface area contributed by atoms with Gasteiger partial charge in [0, 0.05) is 5.02 Å². The molecule has 0 aromatic heterocycles. The third kappa shape index (κ3) is 4.57. The van der Waals surface area contributed by atoms with Crippen LogP contribution in [0.3, 0.4) is 0 Å². The van der Waals surface area contributed by atoms with Crippen molar-refractivity contribution in [3.8, 4) is 5.75 Å². The standard InChI is InChI=1S/C14H20ClNO5/c1-9-5-11(15)3-4-12(9)21-10(2)13(20)16-14(6-17,7-18)8-19/h3-5,10,17-19H,6-8H2,1-2H3,(H,16,20). The van der Waals surface area contributed by atoms with Crippen LogP contribution in [0.2, 0.25) is 5.02 Å². The lowest BCUT2D eigenvalue weighted by Crippen LogP contribution is -2.59. The Balaban J connectivity index is 2.74. The van der Waals surface area contributed by atoms with Crippen molar-refractivity contribution in [1.29, 1.82) is 0 Å². The minimum atomic E-state index is -1.47. The highest BCUT2D eigenvalue weighted by atomic mass is 35.5. The van der Waals surface area contributed by atoms with Gasteiger partial charge in [-0.05, 0) is 37.6 Å².